The van der Waals surface area contributed by atoms with Crippen LogP contribution in [0.1, 0.15) is 21.5 Å². The van der Waals surface area contributed by atoms with Crippen molar-refractivity contribution >= 4 is 47.0 Å². The third kappa shape index (κ3) is 6.97. The zero-order valence-corrected chi connectivity index (χ0v) is 19.4. The summed E-state index contributed by atoms with van der Waals surface area (Å²) in [5.74, 6) is -0.435. The van der Waals surface area contributed by atoms with Crippen LogP contribution in [-0.4, -0.2) is 31.7 Å². The van der Waals surface area contributed by atoms with Gasteiger partial charge in [-0.05, 0) is 61.0 Å². The molecular weight excluding hydrogens is 465 g/mol. The number of benzene rings is 3. The van der Waals surface area contributed by atoms with Gasteiger partial charge in [0.25, 0.3) is 5.91 Å². The fraction of sp³-hybridized carbons (Fsp3) is 0.125. The number of carbonyl (C=O) groups is 2. The second-order valence-corrected chi connectivity index (χ2v) is 7.78. The van der Waals surface area contributed by atoms with Crippen LogP contribution in [0.15, 0.2) is 65.8 Å². The summed E-state index contributed by atoms with van der Waals surface area (Å²) in [5, 5.41) is 7.55. The number of rotatable bonds is 8. The Balaban J connectivity index is 1.58. The molecule has 170 valence electrons. The average molecular weight is 486 g/mol. The highest BCUT2D eigenvalue weighted by Gasteiger charge is 2.16. The first-order valence-electron chi connectivity index (χ1n) is 9.83. The molecule has 0 aliphatic rings. The maximum absolute atomic E-state index is 12.4. The number of aryl methyl sites for hydroxylation is 1. The van der Waals surface area contributed by atoms with Crippen molar-refractivity contribution in [3.8, 4) is 11.5 Å². The molecule has 3 rings (SSSR count). The highest BCUT2D eigenvalue weighted by molar-refractivity contribution is 6.36. The molecule has 0 atom stereocenters. The molecule has 0 radical (unpaired) electrons. The van der Waals surface area contributed by atoms with Gasteiger partial charge in [0, 0.05) is 10.7 Å². The molecule has 0 heterocycles. The van der Waals surface area contributed by atoms with Gasteiger partial charge in [-0.3, -0.25) is 4.79 Å². The second-order valence-electron chi connectivity index (χ2n) is 6.94. The number of hydrazone groups is 1. The second kappa shape index (κ2) is 11.4. The van der Waals surface area contributed by atoms with Crippen LogP contribution in [0, 0.1) is 6.92 Å². The molecule has 0 saturated carbocycles. The van der Waals surface area contributed by atoms with E-state index in [1.54, 1.807) is 24.3 Å². The number of nitrogens with zero attached hydrogens (tertiary/aromatic N) is 1. The molecule has 0 fully saturated rings. The Bertz CT molecular complexity index is 1180. The fourth-order valence-electron chi connectivity index (χ4n) is 2.73. The van der Waals surface area contributed by atoms with E-state index in [9.17, 15) is 9.59 Å². The van der Waals surface area contributed by atoms with Gasteiger partial charge in [-0.2, -0.15) is 5.10 Å². The summed E-state index contributed by atoms with van der Waals surface area (Å²) < 4.78 is 10.7. The third-order valence-corrected chi connectivity index (χ3v) is 5.00. The van der Waals surface area contributed by atoms with E-state index in [1.165, 1.54) is 25.5 Å². The van der Waals surface area contributed by atoms with Crippen molar-refractivity contribution in [3.05, 3.63) is 87.4 Å². The lowest BCUT2D eigenvalue weighted by atomic mass is 10.2. The molecule has 3 aromatic carbocycles. The number of amides is 1. The van der Waals surface area contributed by atoms with Gasteiger partial charge < -0.3 is 14.8 Å². The van der Waals surface area contributed by atoms with Gasteiger partial charge in [-0.1, -0.05) is 40.9 Å². The van der Waals surface area contributed by atoms with Crippen LogP contribution in [0.2, 0.25) is 10.0 Å². The molecule has 2 N–H and O–H groups in total. The Labute approximate surface area is 201 Å². The molecule has 7 nitrogen and oxygen atoms in total. The van der Waals surface area contributed by atoms with E-state index in [4.69, 9.17) is 32.7 Å². The summed E-state index contributed by atoms with van der Waals surface area (Å²) in [7, 11) is 1.45. The van der Waals surface area contributed by atoms with Crippen molar-refractivity contribution in [1.82, 2.24) is 5.43 Å². The van der Waals surface area contributed by atoms with Crippen molar-refractivity contribution in [1.29, 1.82) is 0 Å². The number of nitrogens with one attached hydrogen (secondary N) is 2. The van der Waals surface area contributed by atoms with Crippen LogP contribution in [0.5, 0.6) is 11.5 Å². The van der Waals surface area contributed by atoms with Gasteiger partial charge in [0.15, 0.2) is 11.5 Å². The standard InChI is InChI=1S/C24H21Cl2N3O4/c1-15-3-7-18(8-4-15)27-14-23(30)29-28-13-16-5-10-21(22(11-16)32-2)33-24(31)19-9-6-17(25)12-20(19)26/h3-13,27H,14H2,1-2H3,(H,29,30)/b28-13+. The van der Waals surface area contributed by atoms with Crippen molar-refractivity contribution in [2.75, 3.05) is 19.0 Å². The predicted octanol–water partition coefficient (Wildman–Crippen LogP) is 5.09. The predicted molar refractivity (Wildman–Crippen MR) is 130 cm³/mol. The summed E-state index contributed by atoms with van der Waals surface area (Å²) in [6, 6.07) is 17.0. The monoisotopic (exact) mass is 485 g/mol. The number of carbonyl (C=O) groups excluding carboxylic acids is 2. The Morgan fingerprint density at radius 2 is 1.76 bits per heavy atom. The van der Waals surface area contributed by atoms with Gasteiger partial charge in [0.1, 0.15) is 0 Å². The van der Waals surface area contributed by atoms with E-state index >= 15 is 0 Å². The summed E-state index contributed by atoms with van der Waals surface area (Å²) in [4.78, 5) is 24.4. The normalized spacial score (nSPS) is 10.7. The summed E-state index contributed by atoms with van der Waals surface area (Å²) in [6.45, 7) is 2.07. The largest absolute Gasteiger partial charge is 0.493 e. The van der Waals surface area contributed by atoms with Crippen LogP contribution < -0.4 is 20.2 Å². The van der Waals surface area contributed by atoms with E-state index in [2.05, 4.69) is 15.8 Å². The number of hydrogen-bond donors (Lipinski definition) is 2. The van der Waals surface area contributed by atoms with Gasteiger partial charge in [-0.25, -0.2) is 10.2 Å². The van der Waals surface area contributed by atoms with E-state index in [0.717, 1.165) is 11.3 Å². The Morgan fingerprint density at radius 1 is 1.00 bits per heavy atom. The van der Waals surface area contributed by atoms with Gasteiger partial charge in [0.2, 0.25) is 0 Å². The number of halogens is 2. The topological polar surface area (TPSA) is 89.0 Å². The minimum Gasteiger partial charge on any atom is -0.493 e. The lowest BCUT2D eigenvalue weighted by Gasteiger charge is -2.10. The van der Waals surface area contributed by atoms with Crippen LogP contribution in [0.25, 0.3) is 0 Å². The van der Waals surface area contributed by atoms with Crippen LogP contribution >= 0.6 is 23.2 Å². The molecule has 3 aromatic rings. The smallest absolute Gasteiger partial charge is 0.345 e. The first kappa shape index (κ1) is 24.1. The molecule has 0 bridgehead atoms. The maximum atomic E-state index is 12.4. The van der Waals surface area contributed by atoms with Crippen molar-refractivity contribution in [2.45, 2.75) is 6.92 Å². The summed E-state index contributed by atoms with van der Waals surface area (Å²) in [6.07, 6.45) is 1.45. The molecule has 0 unspecified atom stereocenters. The fourth-order valence-corrected chi connectivity index (χ4v) is 3.22. The minimum absolute atomic E-state index is 0.0753. The third-order valence-electron chi connectivity index (χ3n) is 4.45. The van der Waals surface area contributed by atoms with Crippen LogP contribution in [-0.2, 0) is 4.79 Å². The molecule has 1 amide bonds. The molecule has 0 aromatic heterocycles. The molecular formula is C24H21Cl2N3O4. The molecule has 0 spiro atoms. The van der Waals surface area contributed by atoms with Crippen LogP contribution in [0.3, 0.4) is 0 Å². The van der Waals surface area contributed by atoms with E-state index in [1.807, 2.05) is 31.2 Å². The number of hydrogen-bond acceptors (Lipinski definition) is 6. The van der Waals surface area contributed by atoms with Crippen LogP contribution in [0.4, 0.5) is 5.69 Å². The van der Waals surface area contributed by atoms with E-state index in [0.29, 0.717) is 16.3 Å². The summed E-state index contributed by atoms with van der Waals surface area (Å²) >= 11 is 11.9. The maximum Gasteiger partial charge on any atom is 0.345 e. The van der Waals surface area contributed by atoms with Crippen molar-refractivity contribution < 1.29 is 19.1 Å². The highest BCUT2D eigenvalue weighted by Crippen LogP contribution is 2.29. The first-order chi connectivity index (χ1) is 15.9. The Kier molecular flexibility index (Phi) is 8.29. The molecule has 0 saturated heterocycles. The molecule has 9 heteroatoms. The first-order valence-corrected chi connectivity index (χ1v) is 10.6. The summed E-state index contributed by atoms with van der Waals surface area (Å²) in [5.41, 5.74) is 5.23. The van der Waals surface area contributed by atoms with Crippen molar-refractivity contribution in [2.24, 2.45) is 5.10 Å². The van der Waals surface area contributed by atoms with Gasteiger partial charge >= 0.3 is 5.97 Å². The quantitative estimate of drug-likeness (QED) is 0.200. The number of esters is 1. The van der Waals surface area contributed by atoms with Gasteiger partial charge in [-0.15, -0.1) is 0 Å². The SMILES string of the molecule is COc1cc(/C=N/NC(=O)CNc2ccc(C)cc2)ccc1OC(=O)c1ccc(Cl)cc1Cl. The zero-order valence-electron chi connectivity index (χ0n) is 17.9. The van der Waals surface area contributed by atoms with E-state index < -0.39 is 5.97 Å². The molecule has 0 aliphatic heterocycles. The highest BCUT2D eigenvalue weighted by atomic mass is 35.5. The van der Waals surface area contributed by atoms with Gasteiger partial charge in [0.05, 0.1) is 30.5 Å². The van der Waals surface area contributed by atoms with E-state index in [-0.39, 0.29) is 28.8 Å². The molecule has 33 heavy (non-hydrogen) atoms. The minimum atomic E-state index is -0.648. The van der Waals surface area contributed by atoms with Crippen molar-refractivity contribution in [3.63, 3.8) is 0 Å². The number of methoxy groups -OCH3 is 1. The lowest BCUT2D eigenvalue weighted by Crippen LogP contribution is -2.25. The number of ether oxygens (including phenoxy) is 2. The number of anilines is 1. The molecule has 0 aliphatic carbocycles. The lowest BCUT2D eigenvalue weighted by molar-refractivity contribution is -0.119. The Hall–Kier alpha value is -3.55. The Morgan fingerprint density at radius 3 is 2.45 bits per heavy atom. The zero-order chi connectivity index (χ0) is 23.8. The average Bonchev–Trinajstić information content (AvgIpc) is 2.79.